The minimum atomic E-state index is -0.516. The maximum Gasteiger partial charge on any atom is 0.124 e. The van der Waals surface area contributed by atoms with E-state index in [1.807, 2.05) is 43.3 Å². The maximum atomic E-state index is 9.91. The van der Waals surface area contributed by atoms with Gasteiger partial charge in [-0.3, -0.25) is 5.32 Å². The van der Waals surface area contributed by atoms with Crippen molar-refractivity contribution in [2.75, 3.05) is 13.7 Å². The lowest BCUT2D eigenvalue weighted by molar-refractivity contribution is 0.414. The second kappa shape index (κ2) is 7.48. The normalized spacial score (nSPS) is 11.7. The fourth-order valence-electron chi connectivity index (χ4n) is 2.28. The number of rotatable bonds is 6. The zero-order valence-electron chi connectivity index (χ0n) is 12.8. The number of nitrogens with zero attached hydrogens (tertiary/aromatic N) is 1. The molecule has 1 atom stereocenters. The number of benzene rings is 2. The van der Waals surface area contributed by atoms with Gasteiger partial charge in [-0.15, -0.1) is 0 Å². The van der Waals surface area contributed by atoms with Crippen LogP contribution in [0.2, 0.25) is 0 Å². The molecule has 1 unspecified atom stereocenters. The number of nitriles is 1. The molecule has 0 heterocycles. The fourth-order valence-corrected chi connectivity index (χ4v) is 2.28. The zero-order valence-corrected chi connectivity index (χ0v) is 12.8. The molecule has 0 aliphatic heterocycles. The molecule has 0 amide bonds. The molecule has 4 nitrogen and oxygen atoms in total. The van der Waals surface area contributed by atoms with Crippen LogP contribution in [0.1, 0.15) is 22.7 Å². The predicted molar refractivity (Wildman–Crippen MR) is 85.9 cm³/mol. The molecular weight excluding hydrogens is 276 g/mol. The molecule has 2 aromatic carbocycles. The summed E-state index contributed by atoms with van der Waals surface area (Å²) in [6.45, 7) is 2.59. The van der Waals surface area contributed by atoms with Gasteiger partial charge in [-0.25, -0.2) is 0 Å². The Balaban J connectivity index is 1.96. The van der Waals surface area contributed by atoms with Crippen molar-refractivity contribution in [1.29, 1.82) is 5.26 Å². The van der Waals surface area contributed by atoms with E-state index in [0.717, 1.165) is 17.7 Å². The van der Waals surface area contributed by atoms with Gasteiger partial charge in [0.25, 0.3) is 0 Å². The van der Waals surface area contributed by atoms with Crippen LogP contribution in [-0.2, 0) is 6.42 Å². The van der Waals surface area contributed by atoms with E-state index in [9.17, 15) is 10.4 Å². The molecule has 114 valence electrons. The molecule has 2 rings (SSSR count). The van der Waals surface area contributed by atoms with Crippen LogP contribution < -0.4 is 10.1 Å². The Kier molecular flexibility index (Phi) is 5.40. The predicted octanol–water partition coefficient (Wildman–Crippen LogP) is 3.11. The molecule has 4 heteroatoms. The van der Waals surface area contributed by atoms with Crippen molar-refractivity contribution < 1.29 is 9.84 Å². The van der Waals surface area contributed by atoms with Crippen LogP contribution in [-0.4, -0.2) is 18.8 Å². The molecule has 2 N–H and O–H groups in total. The van der Waals surface area contributed by atoms with E-state index in [4.69, 9.17) is 4.74 Å². The third kappa shape index (κ3) is 4.00. The van der Waals surface area contributed by atoms with Gasteiger partial charge >= 0.3 is 0 Å². The average molecular weight is 296 g/mol. The smallest absolute Gasteiger partial charge is 0.124 e. The molecule has 0 fully saturated rings. The Bertz CT molecular complexity index is 660. The van der Waals surface area contributed by atoms with Gasteiger partial charge < -0.3 is 9.84 Å². The second-order valence-corrected chi connectivity index (χ2v) is 5.18. The third-order valence-electron chi connectivity index (χ3n) is 3.54. The first-order valence-corrected chi connectivity index (χ1v) is 7.19. The van der Waals surface area contributed by atoms with Gasteiger partial charge in [-0.05, 0) is 43.2 Å². The van der Waals surface area contributed by atoms with Gasteiger partial charge in [0, 0.05) is 12.1 Å². The number of phenolic OH excluding ortho intramolecular Hbond substituents is 1. The molecule has 0 aromatic heterocycles. The summed E-state index contributed by atoms with van der Waals surface area (Å²) >= 11 is 0. The van der Waals surface area contributed by atoms with E-state index < -0.39 is 6.04 Å². The van der Waals surface area contributed by atoms with E-state index in [1.165, 1.54) is 5.56 Å². The quantitative estimate of drug-likeness (QED) is 0.859. The monoisotopic (exact) mass is 296 g/mol. The van der Waals surface area contributed by atoms with Crippen molar-refractivity contribution in [3.8, 4) is 17.6 Å². The molecule has 0 radical (unpaired) electrons. The molecule has 0 bridgehead atoms. The maximum absolute atomic E-state index is 9.91. The third-order valence-corrected chi connectivity index (χ3v) is 3.54. The molecule has 0 aliphatic rings. The fraction of sp³-hybridized carbons (Fsp3) is 0.278. The highest BCUT2D eigenvalue weighted by Crippen LogP contribution is 2.24. The number of methoxy groups -OCH3 is 1. The lowest BCUT2D eigenvalue weighted by Gasteiger charge is -2.14. The van der Waals surface area contributed by atoms with Gasteiger partial charge in [0.05, 0.1) is 13.2 Å². The minimum absolute atomic E-state index is 0.147. The van der Waals surface area contributed by atoms with E-state index in [-0.39, 0.29) is 5.75 Å². The van der Waals surface area contributed by atoms with E-state index in [1.54, 1.807) is 13.2 Å². The Hall–Kier alpha value is -2.51. The van der Waals surface area contributed by atoms with Crippen LogP contribution in [0.5, 0.6) is 11.5 Å². The first-order chi connectivity index (χ1) is 10.6. The highest BCUT2D eigenvalue weighted by molar-refractivity contribution is 5.40. The van der Waals surface area contributed by atoms with Gasteiger partial charge in [0.15, 0.2) is 0 Å². The highest BCUT2D eigenvalue weighted by Gasteiger charge is 2.14. The van der Waals surface area contributed by atoms with Crippen LogP contribution in [0.25, 0.3) is 0 Å². The van der Waals surface area contributed by atoms with Crippen LogP contribution in [0.4, 0.5) is 0 Å². The van der Waals surface area contributed by atoms with Crippen molar-refractivity contribution in [2.45, 2.75) is 19.4 Å². The zero-order chi connectivity index (χ0) is 15.9. The SMILES string of the molecule is COc1ccc(CCNC(C#N)c2cc(C)ccc2O)cc1. The summed E-state index contributed by atoms with van der Waals surface area (Å²) in [4.78, 5) is 0. The Morgan fingerprint density at radius 1 is 1.23 bits per heavy atom. The van der Waals surface area contributed by atoms with Gasteiger partial charge in [-0.1, -0.05) is 23.8 Å². The number of nitrogens with one attached hydrogen (secondary N) is 1. The van der Waals surface area contributed by atoms with E-state index in [2.05, 4.69) is 11.4 Å². The van der Waals surface area contributed by atoms with Crippen molar-refractivity contribution in [2.24, 2.45) is 0 Å². The number of hydrogen-bond acceptors (Lipinski definition) is 4. The van der Waals surface area contributed by atoms with E-state index in [0.29, 0.717) is 12.1 Å². The summed E-state index contributed by atoms with van der Waals surface area (Å²) in [6.07, 6.45) is 0.800. The summed E-state index contributed by atoms with van der Waals surface area (Å²) in [5.74, 6) is 0.977. The van der Waals surface area contributed by atoms with Gasteiger partial charge in [0.2, 0.25) is 0 Å². The number of phenols is 1. The summed E-state index contributed by atoms with van der Waals surface area (Å²) < 4.78 is 5.13. The molecule has 22 heavy (non-hydrogen) atoms. The first-order valence-electron chi connectivity index (χ1n) is 7.19. The Morgan fingerprint density at radius 3 is 2.59 bits per heavy atom. The second-order valence-electron chi connectivity index (χ2n) is 5.18. The van der Waals surface area contributed by atoms with Crippen molar-refractivity contribution in [3.63, 3.8) is 0 Å². The van der Waals surface area contributed by atoms with Crippen LogP contribution in [0.3, 0.4) is 0 Å². The molecule has 0 aliphatic carbocycles. The summed E-state index contributed by atoms with van der Waals surface area (Å²) in [5.41, 5.74) is 2.81. The van der Waals surface area contributed by atoms with Crippen molar-refractivity contribution in [3.05, 3.63) is 59.2 Å². The van der Waals surface area contributed by atoms with Crippen LogP contribution in [0, 0.1) is 18.3 Å². The number of aryl methyl sites for hydroxylation is 1. The molecule has 0 saturated heterocycles. The lowest BCUT2D eigenvalue weighted by Crippen LogP contribution is -2.22. The summed E-state index contributed by atoms with van der Waals surface area (Å²) in [5, 5.41) is 22.4. The van der Waals surface area contributed by atoms with Gasteiger partial charge in [0.1, 0.15) is 17.5 Å². The first kappa shape index (κ1) is 15.9. The topological polar surface area (TPSA) is 65.3 Å². The Labute approximate surface area is 131 Å². The number of ether oxygens (including phenoxy) is 1. The lowest BCUT2D eigenvalue weighted by atomic mass is 10.0. The largest absolute Gasteiger partial charge is 0.508 e. The van der Waals surface area contributed by atoms with Crippen molar-refractivity contribution >= 4 is 0 Å². The minimum Gasteiger partial charge on any atom is -0.508 e. The van der Waals surface area contributed by atoms with Crippen LogP contribution >= 0.6 is 0 Å². The molecule has 2 aromatic rings. The molecule has 0 saturated carbocycles. The summed E-state index contributed by atoms with van der Waals surface area (Å²) in [7, 11) is 1.64. The molecular formula is C18H20N2O2. The number of hydrogen-bond donors (Lipinski definition) is 2. The molecule has 0 spiro atoms. The Morgan fingerprint density at radius 2 is 1.95 bits per heavy atom. The number of aromatic hydroxyl groups is 1. The summed E-state index contributed by atoms with van der Waals surface area (Å²) in [6, 6.07) is 14.8. The van der Waals surface area contributed by atoms with Gasteiger partial charge in [-0.2, -0.15) is 5.26 Å². The average Bonchev–Trinajstić information content (AvgIpc) is 2.55. The van der Waals surface area contributed by atoms with E-state index >= 15 is 0 Å². The standard InChI is InChI=1S/C18H20N2O2/c1-13-3-8-18(21)16(11-13)17(12-19)20-10-9-14-4-6-15(22-2)7-5-14/h3-8,11,17,20-21H,9-10H2,1-2H3. The van der Waals surface area contributed by atoms with Crippen molar-refractivity contribution in [1.82, 2.24) is 5.32 Å². The van der Waals surface area contributed by atoms with Crippen LogP contribution in [0.15, 0.2) is 42.5 Å². The highest BCUT2D eigenvalue weighted by atomic mass is 16.5.